The Morgan fingerprint density at radius 1 is 1.07 bits per heavy atom. The van der Waals surface area contributed by atoms with E-state index >= 15 is 0 Å². The van der Waals surface area contributed by atoms with Crippen molar-refractivity contribution in [1.29, 1.82) is 0 Å². The van der Waals surface area contributed by atoms with Crippen LogP contribution in [0, 0.1) is 17.3 Å². The van der Waals surface area contributed by atoms with Gasteiger partial charge in [0.1, 0.15) is 20.0 Å². The summed E-state index contributed by atoms with van der Waals surface area (Å²) in [5.74, 6) is 2.72. The van der Waals surface area contributed by atoms with Crippen molar-refractivity contribution in [3.8, 4) is 5.75 Å². The monoisotopic (exact) mass is 414 g/mol. The minimum absolute atomic E-state index is 0.147. The Bertz CT molecular complexity index is 845. The summed E-state index contributed by atoms with van der Waals surface area (Å²) in [6.07, 6.45) is 5.55. The topological polar surface area (TPSA) is 52.4 Å². The summed E-state index contributed by atoms with van der Waals surface area (Å²) in [5.41, 5.74) is 5.09. The van der Waals surface area contributed by atoms with Gasteiger partial charge in [0.05, 0.1) is 11.4 Å². The summed E-state index contributed by atoms with van der Waals surface area (Å²) in [7, 11) is 1.65. The highest BCUT2D eigenvalue weighted by atomic mass is 28.4. The van der Waals surface area contributed by atoms with Crippen molar-refractivity contribution in [2.24, 2.45) is 27.6 Å². The van der Waals surface area contributed by atoms with E-state index in [2.05, 4.69) is 55.1 Å². The molecule has 1 aromatic carbocycles. The predicted octanol–water partition coefficient (Wildman–Crippen LogP) is 5.57. The van der Waals surface area contributed by atoms with Gasteiger partial charge in [-0.2, -0.15) is 0 Å². The molecule has 2 fully saturated rings. The minimum Gasteiger partial charge on any atom is -0.544 e. The van der Waals surface area contributed by atoms with Gasteiger partial charge in [0.2, 0.25) is 8.32 Å². The van der Waals surface area contributed by atoms with E-state index in [0.29, 0.717) is 17.8 Å². The summed E-state index contributed by atoms with van der Waals surface area (Å²) in [6, 6.07) is 6.64. The summed E-state index contributed by atoms with van der Waals surface area (Å²) in [6.45, 7) is 9.04. The van der Waals surface area contributed by atoms with Crippen molar-refractivity contribution in [2.45, 2.75) is 64.6 Å². The molecule has 4 atom stereocenters. The number of hydrogen-bond acceptors (Lipinski definition) is 5. The van der Waals surface area contributed by atoms with Crippen molar-refractivity contribution in [3.63, 3.8) is 0 Å². The molecule has 29 heavy (non-hydrogen) atoms. The molecule has 0 radical (unpaired) electrons. The molecule has 0 bridgehead atoms. The molecule has 3 aliphatic carbocycles. The average molecular weight is 415 g/mol. The lowest BCUT2D eigenvalue weighted by molar-refractivity contribution is 0.105. The highest BCUT2D eigenvalue weighted by Crippen LogP contribution is 2.60. The number of nitrogens with zero attached hydrogens (tertiary/aromatic N) is 2. The molecule has 0 aromatic heterocycles. The highest BCUT2D eigenvalue weighted by molar-refractivity contribution is 6.70. The summed E-state index contributed by atoms with van der Waals surface area (Å²) in [4.78, 5) is 10.4. The van der Waals surface area contributed by atoms with Crippen LogP contribution in [0.1, 0.15) is 56.1 Å². The molecular formula is C23H34N2O3Si. The Labute approximate surface area is 175 Å². The molecular weight excluding hydrogens is 380 g/mol. The van der Waals surface area contributed by atoms with Gasteiger partial charge in [-0.05, 0) is 87.2 Å². The van der Waals surface area contributed by atoms with Crippen molar-refractivity contribution in [2.75, 3.05) is 14.2 Å². The van der Waals surface area contributed by atoms with E-state index in [9.17, 15) is 0 Å². The summed E-state index contributed by atoms with van der Waals surface area (Å²) in [5, 5.41) is 8.88. The molecule has 4 rings (SSSR count). The van der Waals surface area contributed by atoms with E-state index in [4.69, 9.17) is 14.1 Å². The third kappa shape index (κ3) is 3.60. The average Bonchev–Trinajstić information content (AvgIpc) is 2.98. The Hall–Kier alpha value is -1.82. The molecule has 0 spiro atoms. The van der Waals surface area contributed by atoms with Gasteiger partial charge in [0.25, 0.3) is 0 Å². The molecule has 0 aliphatic heterocycles. The number of rotatable bonds is 4. The first kappa shape index (κ1) is 20.4. The smallest absolute Gasteiger partial charge is 0.242 e. The second-order valence-corrected chi connectivity index (χ2v) is 14.4. The molecule has 0 amide bonds. The van der Waals surface area contributed by atoms with Gasteiger partial charge in [-0.25, -0.2) is 0 Å². The molecule has 3 aliphatic rings. The number of fused-ring (bicyclic) bond motifs is 5. The second-order valence-electron chi connectivity index (χ2n) is 9.98. The van der Waals surface area contributed by atoms with Gasteiger partial charge in [0, 0.05) is 11.0 Å². The summed E-state index contributed by atoms with van der Waals surface area (Å²) < 4.78 is 6.27. The van der Waals surface area contributed by atoms with Crippen LogP contribution in [0.4, 0.5) is 0 Å². The normalized spacial score (nSPS) is 33.8. The fourth-order valence-corrected chi connectivity index (χ4v) is 6.90. The van der Waals surface area contributed by atoms with Crippen LogP contribution in [0.5, 0.6) is 5.75 Å². The Morgan fingerprint density at radius 3 is 2.52 bits per heavy atom. The van der Waals surface area contributed by atoms with Crippen LogP contribution < -0.4 is 4.43 Å². The zero-order valence-corrected chi connectivity index (χ0v) is 19.6. The van der Waals surface area contributed by atoms with E-state index in [1.165, 1.54) is 36.1 Å². The van der Waals surface area contributed by atoms with E-state index < -0.39 is 8.32 Å². The van der Waals surface area contributed by atoms with E-state index in [1.807, 2.05) is 0 Å². The lowest BCUT2D eigenvalue weighted by Crippen LogP contribution is -2.43. The quantitative estimate of drug-likeness (QED) is 0.478. The zero-order chi connectivity index (χ0) is 20.8. The molecule has 0 N–H and O–H groups in total. The first-order valence-corrected chi connectivity index (χ1v) is 14.2. The van der Waals surface area contributed by atoms with Crippen molar-refractivity contribution < 1.29 is 14.1 Å². The number of benzene rings is 1. The molecule has 2 saturated carbocycles. The van der Waals surface area contributed by atoms with Crippen molar-refractivity contribution in [1.82, 2.24) is 0 Å². The van der Waals surface area contributed by atoms with Crippen molar-refractivity contribution >= 4 is 19.7 Å². The maximum absolute atomic E-state index is 6.27. The fraction of sp³-hybridized carbons (Fsp3) is 0.652. The van der Waals surface area contributed by atoms with Gasteiger partial charge in [-0.15, -0.1) is 0 Å². The third-order valence-corrected chi connectivity index (χ3v) is 8.02. The molecule has 5 nitrogen and oxygen atoms in total. The predicted molar refractivity (Wildman–Crippen MR) is 119 cm³/mol. The third-order valence-electron chi connectivity index (χ3n) is 7.17. The van der Waals surface area contributed by atoms with Crippen LogP contribution in [-0.2, 0) is 9.68 Å². The Balaban J connectivity index is 1.72. The minimum atomic E-state index is -1.66. The first-order valence-electron chi connectivity index (χ1n) is 10.8. The van der Waals surface area contributed by atoms with E-state index in [-0.39, 0.29) is 5.41 Å². The van der Waals surface area contributed by atoms with Crippen LogP contribution in [0.3, 0.4) is 0 Å². The number of hydrogen-bond donors (Lipinski definition) is 0. The molecule has 0 saturated heterocycles. The van der Waals surface area contributed by atoms with Gasteiger partial charge in [-0.3, -0.25) is 0 Å². The van der Waals surface area contributed by atoms with Crippen LogP contribution in [0.15, 0.2) is 28.5 Å². The Kier molecular flexibility index (Phi) is 5.26. The van der Waals surface area contributed by atoms with Crippen LogP contribution in [-0.4, -0.2) is 34.0 Å². The van der Waals surface area contributed by atoms with Crippen LogP contribution in [0.2, 0.25) is 19.6 Å². The summed E-state index contributed by atoms with van der Waals surface area (Å²) >= 11 is 0. The second kappa shape index (κ2) is 7.46. The number of oxime groups is 2. The highest BCUT2D eigenvalue weighted by Gasteiger charge is 2.54. The van der Waals surface area contributed by atoms with Gasteiger partial charge in [0.15, 0.2) is 0 Å². The van der Waals surface area contributed by atoms with Crippen LogP contribution in [0.25, 0.3) is 0 Å². The van der Waals surface area contributed by atoms with E-state index in [0.717, 1.165) is 24.3 Å². The molecule has 0 unspecified atom stereocenters. The Morgan fingerprint density at radius 2 is 1.83 bits per heavy atom. The molecule has 6 heteroatoms. The van der Waals surface area contributed by atoms with Gasteiger partial charge < -0.3 is 14.1 Å². The zero-order valence-electron chi connectivity index (χ0n) is 18.6. The maximum atomic E-state index is 6.27. The largest absolute Gasteiger partial charge is 0.544 e. The molecule has 1 aromatic rings. The van der Waals surface area contributed by atoms with Crippen LogP contribution >= 0.6 is 0 Å². The van der Waals surface area contributed by atoms with Gasteiger partial charge >= 0.3 is 0 Å². The standard InChI is InChI=1S/C23H34N2O3Si/c1-23-12-11-17-16-8-7-15(28-29(4,5)6)13-19(16)21(24-26-2)14-18(17)20(23)9-10-22(23)25-27-3/h7-8,13,17-18,20H,9-12,14H2,1-6H3/b24-21+,25-22+/t17-,18-,20+,23+/m1/s1. The first-order chi connectivity index (χ1) is 13.8. The van der Waals surface area contributed by atoms with E-state index in [1.54, 1.807) is 14.2 Å². The SMILES string of the molecule is CO/N=C1\C[C@@H]2[C@H](CC[C@]3(C)/C(=N/OC)CC[C@@H]23)c2ccc(O[Si](C)(C)C)cc21. The lowest BCUT2D eigenvalue weighted by Gasteiger charge is -2.49. The lowest BCUT2D eigenvalue weighted by atomic mass is 9.55. The molecule has 0 heterocycles. The maximum Gasteiger partial charge on any atom is 0.242 e. The fourth-order valence-electron chi connectivity index (χ4n) is 6.06. The molecule has 158 valence electrons. The van der Waals surface area contributed by atoms with Crippen molar-refractivity contribution in [3.05, 3.63) is 29.3 Å². The van der Waals surface area contributed by atoms with Gasteiger partial charge in [-0.1, -0.05) is 23.3 Å².